The summed E-state index contributed by atoms with van der Waals surface area (Å²) in [5, 5.41) is 0.541. The molecule has 7 heteroatoms. The molecule has 1 atom stereocenters. The average Bonchev–Trinajstić information content (AvgIpc) is 3.05. The molecule has 5 nitrogen and oxygen atoms in total. The normalized spacial score (nSPS) is 17.6. The maximum absolute atomic E-state index is 6.60. The number of rotatable bonds is 5. The van der Waals surface area contributed by atoms with Crippen LogP contribution in [0.15, 0.2) is 55.0 Å². The van der Waals surface area contributed by atoms with Crippen molar-refractivity contribution in [3.63, 3.8) is 0 Å². The second-order valence-electron chi connectivity index (χ2n) is 6.66. The monoisotopic (exact) mass is 453 g/mol. The molecule has 0 saturated carbocycles. The number of halogens is 1. The van der Waals surface area contributed by atoms with Gasteiger partial charge in [-0.25, -0.2) is 0 Å². The Hall–Kier alpha value is -2.17. The van der Waals surface area contributed by atoms with Gasteiger partial charge in [-0.3, -0.25) is 0 Å². The van der Waals surface area contributed by atoms with Crippen molar-refractivity contribution in [2.75, 3.05) is 13.1 Å². The number of quaternary nitrogens is 1. The molecular formula is C21H19AsClN4O+. The Kier molecular flexibility index (Phi) is 5.26. The zero-order valence-electron chi connectivity index (χ0n) is 15.3. The van der Waals surface area contributed by atoms with E-state index in [9.17, 15) is 0 Å². The van der Waals surface area contributed by atoms with E-state index in [1.54, 1.807) is 6.33 Å². The first-order chi connectivity index (χ1) is 13.5. The molecule has 0 bridgehead atoms. The summed E-state index contributed by atoms with van der Waals surface area (Å²) in [7, 11) is 0. The number of fused-ring (bicyclic) bond motifs is 1. The summed E-state index contributed by atoms with van der Waals surface area (Å²) in [6.45, 7) is 3.21. The van der Waals surface area contributed by atoms with E-state index >= 15 is 0 Å². The van der Waals surface area contributed by atoms with Gasteiger partial charge in [0.05, 0.1) is 0 Å². The van der Waals surface area contributed by atoms with E-state index in [-0.39, 0.29) is 0 Å². The van der Waals surface area contributed by atoms with Gasteiger partial charge in [0.15, 0.2) is 0 Å². The fourth-order valence-corrected chi connectivity index (χ4v) is 4.46. The van der Waals surface area contributed by atoms with Gasteiger partial charge in [0, 0.05) is 0 Å². The van der Waals surface area contributed by atoms with Crippen molar-refractivity contribution >= 4 is 50.4 Å². The molecule has 3 aromatic rings. The molecule has 2 N–H and O–H groups in total. The van der Waals surface area contributed by atoms with Crippen LogP contribution < -0.4 is 19.4 Å². The fraction of sp³-hybridized carbons (Fsp3) is 0.143. The first kappa shape index (κ1) is 19.2. The Balaban J connectivity index is 1.75. The molecule has 1 aliphatic heterocycles. The maximum atomic E-state index is 6.60. The van der Waals surface area contributed by atoms with Gasteiger partial charge in [0.1, 0.15) is 0 Å². The van der Waals surface area contributed by atoms with Crippen molar-refractivity contribution in [3.05, 3.63) is 71.3 Å². The third-order valence-corrected chi connectivity index (χ3v) is 5.77. The number of hydrogen-bond acceptors (Lipinski definition) is 4. The predicted octanol–water partition coefficient (Wildman–Crippen LogP) is 3.61. The van der Waals surface area contributed by atoms with Crippen molar-refractivity contribution in [1.29, 1.82) is 0 Å². The van der Waals surface area contributed by atoms with Crippen LogP contribution in [0.3, 0.4) is 0 Å². The molecule has 4 rings (SSSR count). The van der Waals surface area contributed by atoms with Crippen LogP contribution in [0.25, 0.3) is 6.08 Å². The van der Waals surface area contributed by atoms with E-state index in [4.69, 9.17) is 22.1 Å². The molecule has 0 spiro atoms. The van der Waals surface area contributed by atoms with Gasteiger partial charge in [-0.2, -0.15) is 0 Å². The zero-order chi connectivity index (χ0) is 19.7. The molecule has 2 heterocycles. The van der Waals surface area contributed by atoms with Crippen LogP contribution in [0.2, 0.25) is 5.02 Å². The standard InChI is InChI=1S/C21H19AsClN4O/c1-14-3-2-4-16(11-14)28-19-6-5-15(12-17(19)23)27(10-8-24)9-7-18-20(27)21(22)26-13-25-18/h2-7,9,11-13H,8,10,24H2,1H3/q+1. The van der Waals surface area contributed by atoms with E-state index < -0.39 is 0 Å². The van der Waals surface area contributed by atoms with Crippen molar-refractivity contribution in [2.24, 2.45) is 5.73 Å². The number of aromatic nitrogens is 2. The third-order valence-electron chi connectivity index (χ3n) is 4.79. The van der Waals surface area contributed by atoms with Crippen LogP contribution in [-0.4, -0.2) is 39.9 Å². The summed E-state index contributed by atoms with van der Waals surface area (Å²) in [5.74, 6) is 1.37. The van der Waals surface area contributed by atoms with Crippen molar-refractivity contribution in [2.45, 2.75) is 6.92 Å². The zero-order valence-corrected chi connectivity index (χ0v) is 18.0. The van der Waals surface area contributed by atoms with Crippen molar-refractivity contribution < 1.29 is 4.74 Å². The van der Waals surface area contributed by atoms with Crippen molar-refractivity contribution in [3.8, 4) is 11.5 Å². The van der Waals surface area contributed by atoms with Crippen LogP contribution in [-0.2, 0) is 0 Å². The summed E-state index contributed by atoms with van der Waals surface area (Å²) in [5.41, 5.74) is 10.00. The predicted molar refractivity (Wildman–Crippen MR) is 115 cm³/mol. The molecule has 0 saturated heterocycles. The summed E-state index contributed by atoms with van der Waals surface area (Å²) in [6, 6.07) is 13.7. The van der Waals surface area contributed by atoms with E-state index in [0.717, 1.165) is 32.9 Å². The minimum absolute atomic E-state index is 0.432. The molecule has 28 heavy (non-hydrogen) atoms. The SMILES string of the molecule is Cc1cccc(Oc2ccc([N+]3(CCN)C=Cc4ncnc([As])c43)cc2Cl)c1. The summed E-state index contributed by atoms with van der Waals surface area (Å²) in [6.07, 6.45) is 5.68. The first-order valence-electron chi connectivity index (χ1n) is 8.90. The van der Waals surface area contributed by atoms with Crippen LogP contribution in [0.5, 0.6) is 11.5 Å². The molecule has 2 aromatic carbocycles. The second-order valence-corrected chi connectivity index (χ2v) is 7.96. The number of aryl methyl sites for hydroxylation is 1. The van der Waals surface area contributed by atoms with Gasteiger partial charge in [0.2, 0.25) is 0 Å². The Bertz CT molecular complexity index is 1070. The van der Waals surface area contributed by atoms with Gasteiger partial charge >= 0.3 is 178 Å². The van der Waals surface area contributed by atoms with Crippen LogP contribution >= 0.6 is 11.6 Å². The number of nitrogens with two attached hydrogens (primary N) is 1. The number of benzene rings is 2. The second kappa shape index (κ2) is 7.69. The van der Waals surface area contributed by atoms with Gasteiger partial charge in [0.25, 0.3) is 0 Å². The van der Waals surface area contributed by atoms with Crippen LogP contribution in [0, 0.1) is 6.92 Å². The Morgan fingerprint density at radius 2 is 2.04 bits per heavy atom. The van der Waals surface area contributed by atoms with Crippen LogP contribution in [0.1, 0.15) is 11.3 Å². The summed E-state index contributed by atoms with van der Waals surface area (Å²) >= 11 is 9.12. The minimum atomic E-state index is 0.432. The number of nitrogens with zero attached hydrogens (tertiary/aromatic N) is 3. The van der Waals surface area contributed by atoms with Gasteiger partial charge < -0.3 is 0 Å². The molecule has 0 fully saturated rings. The average molecular weight is 454 g/mol. The molecule has 2 radical (unpaired) electrons. The van der Waals surface area contributed by atoms with Crippen molar-refractivity contribution in [1.82, 2.24) is 14.5 Å². The molecule has 0 amide bonds. The fourth-order valence-electron chi connectivity index (χ4n) is 3.52. The molecule has 140 valence electrons. The Labute approximate surface area is 177 Å². The topological polar surface area (TPSA) is 61.0 Å². The first-order valence-corrected chi connectivity index (χ1v) is 10.2. The molecular weight excluding hydrogens is 435 g/mol. The van der Waals surface area contributed by atoms with E-state index in [1.165, 1.54) is 0 Å². The Morgan fingerprint density at radius 3 is 2.79 bits per heavy atom. The van der Waals surface area contributed by atoms with Gasteiger partial charge in [-0.15, -0.1) is 0 Å². The molecule has 1 aromatic heterocycles. The summed E-state index contributed by atoms with van der Waals surface area (Å²) < 4.78 is 7.28. The van der Waals surface area contributed by atoms with E-state index in [0.29, 0.717) is 28.3 Å². The molecule has 1 aliphatic rings. The number of hydrogen-bond donors (Lipinski definition) is 1. The van der Waals surface area contributed by atoms with E-state index in [1.807, 2.05) is 55.5 Å². The number of ether oxygens (including phenoxy) is 1. The third kappa shape index (κ3) is 3.36. The quantitative estimate of drug-likeness (QED) is 0.473. The molecule has 0 aliphatic carbocycles. The Morgan fingerprint density at radius 1 is 1.18 bits per heavy atom. The summed E-state index contributed by atoms with van der Waals surface area (Å²) in [4.78, 5) is 8.77. The van der Waals surface area contributed by atoms with Crippen LogP contribution in [0.4, 0.5) is 11.4 Å². The van der Waals surface area contributed by atoms with E-state index in [2.05, 4.69) is 33.0 Å². The van der Waals surface area contributed by atoms with Gasteiger partial charge in [-0.05, 0) is 0 Å². The van der Waals surface area contributed by atoms with Gasteiger partial charge in [-0.1, -0.05) is 0 Å². The molecule has 1 unspecified atom stereocenters.